The third-order valence-corrected chi connectivity index (χ3v) is 5.83. The van der Waals surface area contributed by atoms with E-state index in [2.05, 4.69) is 33.1 Å². The van der Waals surface area contributed by atoms with E-state index in [1.165, 1.54) is 12.1 Å². The van der Waals surface area contributed by atoms with Gasteiger partial charge in [0, 0.05) is 35.6 Å². The highest BCUT2D eigenvalue weighted by atomic mass is 19.1. The van der Waals surface area contributed by atoms with E-state index in [9.17, 15) is 9.18 Å². The number of anilines is 2. The largest absolute Gasteiger partial charge is 0.381 e. The predicted octanol–water partition coefficient (Wildman–Crippen LogP) is 4.21. The van der Waals surface area contributed by atoms with Crippen molar-refractivity contribution >= 4 is 23.0 Å². The standard InChI is InChI=1S/C26H28FN5O/c1-17(19-8-11-21(27)12-9-19)30-26(33)20-10-13-23-24(16-20)32(22-6-4-3-5-7-22)15-14-29-25(23)18(2)31-28/h3-13,16-17,29,31H,14-15,28H2,1-2H3,(H,30,33)/b25-18-/t17-/m0/s1. The van der Waals surface area contributed by atoms with Gasteiger partial charge in [0.25, 0.3) is 5.91 Å². The van der Waals surface area contributed by atoms with Crippen LogP contribution < -0.4 is 26.8 Å². The van der Waals surface area contributed by atoms with Crippen LogP contribution in [0, 0.1) is 5.82 Å². The number of halogens is 1. The van der Waals surface area contributed by atoms with Gasteiger partial charge in [0.15, 0.2) is 0 Å². The van der Waals surface area contributed by atoms with Gasteiger partial charge in [-0.3, -0.25) is 10.6 Å². The lowest BCUT2D eigenvalue weighted by molar-refractivity contribution is 0.0940. The van der Waals surface area contributed by atoms with E-state index in [1.807, 2.05) is 50.2 Å². The maximum atomic E-state index is 13.2. The van der Waals surface area contributed by atoms with Crippen LogP contribution in [0.5, 0.6) is 0 Å². The van der Waals surface area contributed by atoms with Crippen molar-refractivity contribution in [3.8, 4) is 0 Å². The Labute approximate surface area is 193 Å². The predicted molar refractivity (Wildman–Crippen MR) is 130 cm³/mol. The molecule has 4 rings (SSSR count). The number of nitrogens with zero attached hydrogens (tertiary/aromatic N) is 1. The van der Waals surface area contributed by atoms with Crippen molar-refractivity contribution in [2.75, 3.05) is 18.0 Å². The second-order valence-electron chi connectivity index (χ2n) is 8.04. The molecule has 0 bridgehead atoms. The molecule has 33 heavy (non-hydrogen) atoms. The van der Waals surface area contributed by atoms with Crippen LogP contribution in [-0.4, -0.2) is 19.0 Å². The first-order chi connectivity index (χ1) is 16.0. The van der Waals surface area contributed by atoms with Gasteiger partial charge in [0.2, 0.25) is 0 Å². The molecular formula is C26H28FN5O. The topological polar surface area (TPSA) is 82.4 Å². The van der Waals surface area contributed by atoms with Gasteiger partial charge >= 0.3 is 0 Å². The van der Waals surface area contributed by atoms with Crippen LogP contribution in [0.3, 0.4) is 0 Å². The van der Waals surface area contributed by atoms with Crippen LogP contribution in [0.1, 0.15) is 41.4 Å². The number of amides is 1. The minimum Gasteiger partial charge on any atom is -0.381 e. The SMILES string of the molecule is C/C(NN)=C1/NCCN(c2ccccc2)c2cc(C(=O)N[C@@H](C)c3ccc(F)cc3)ccc21. The van der Waals surface area contributed by atoms with E-state index >= 15 is 0 Å². The quantitative estimate of drug-likeness (QED) is 0.349. The molecule has 0 unspecified atom stereocenters. The molecule has 7 heteroatoms. The number of hydrazine groups is 1. The average Bonchev–Trinajstić information content (AvgIpc) is 3.03. The lowest BCUT2D eigenvalue weighted by Gasteiger charge is -2.25. The number of nitrogens with two attached hydrogens (primary N) is 1. The Morgan fingerprint density at radius 3 is 2.52 bits per heavy atom. The van der Waals surface area contributed by atoms with E-state index in [0.29, 0.717) is 12.1 Å². The summed E-state index contributed by atoms with van der Waals surface area (Å²) >= 11 is 0. The Balaban J connectivity index is 1.71. The maximum Gasteiger partial charge on any atom is 0.251 e. The Morgan fingerprint density at radius 2 is 1.82 bits per heavy atom. The lowest BCUT2D eigenvalue weighted by atomic mass is 10.0. The van der Waals surface area contributed by atoms with Gasteiger partial charge < -0.3 is 21.0 Å². The first-order valence-corrected chi connectivity index (χ1v) is 10.9. The zero-order chi connectivity index (χ0) is 23.4. The normalized spacial score (nSPS) is 15.6. The molecule has 1 aliphatic heterocycles. The fourth-order valence-electron chi connectivity index (χ4n) is 4.01. The third kappa shape index (κ3) is 4.83. The van der Waals surface area contributed by atoms with E-state index in [-0.39, 0.29) is 17.8 Å². The maximum absolute atomic E-state index is 13.2. The molecule has 3 aromatic rings. The van der Waals surface area contributed by atoms with E-state index in [4.69, 9.17) is 5.84 Å². The molecule has 1 aliphatic rings. The molecule has 0 aliphatic carbocycles. The number of allylic oxidation sites excluding steroid dienone is 1. The number of carbonyl (C=O) groups excluding carboxylic acids is 1. The van der Waals surface area contributed by atoms with Crippen molar-refractivity contribution in [1.82, 2.24) is 16.1 Å². The summed E-state index contributed by atoms with van der Waals surface area (Å²) in [4.78, 5) is 15.3. The molecule has 0 aromatic heterocycles. The molecule has 1 atom stereocenters. The fraction of sp³-hybridized carbons (Fsp3) is 0.192. The molecule has 5 N–H and O–H groups in total. The molecule has 1 amide bonds. The zero-order valence-corrected chi connectivity index (χ0v) is 18.7. The molecule has 0 spiro atoms. The zero-order valence-electron chi connectivity index (χ0n) is 18.7. The van der Waals surface area contributed by atoms with Gasteiger partial charge in [0.1, 0.15) is 5.82 Å². The molecule has 6 nitrogen and oxygen atoms in total. The second-order valence-corrected chi connectivity index (χ2v) is 8.04. The molecule has 0 fully saturated rings. The first kappa shape index (κ1) is 22.4. The summed E-state index contributed by atoms with van der Waals surface area (Å²) in [6.45, 7) is 5.22. The lowest BCUT2D eigenvalue weighted by Crippen LogP contribution is -2.27. The number of hydrogen-bond donors (Lipinski definition) is 4. The van der Waals surface area contributed by atoms with Crippen molar-refractivity contribution in [3.63, 3.8) is 0 Å². The van der Waals surface area contributed by atoms with Gasteiger partial charge in [-0.05, 0) is 61.9 Å². The molecule has 1 heterocycles. The number of nitrogens with one attached hydrogen (secondary N) is 3. The minimum absolute atomic E-state index is 0.195. The highest BCUT2D eigenvalue weighted by Crippen LogP contribution is 2.35. The van der Waals surface area contributed by atoms with E-state index in [0.717, 1.165) is 40.4 Å². The minimum atomic E-state index is -0.302. The summed E-state index contributed by atoms with van der Waals surface area (Å²) in [5.74, 6) is 5.21. The van der Waals surface area contributed by atoms with E-state index in [1.54, 1.807) is 12.1 Å². The summed E-state index contributed by atoms with van der Waals surface area (Å²) in [6, 6.07) is 21.6. The van der Waals surface area contributed by atoms with E-state index < -0.39 is 0 Å². The smallest absolute Gasteiger partial charge is 0.251 e. The number of rotatable bonds is 5. The number of para-hydroxylation sites is 1. The van der Waals surface area contributed by atoms with Gasteiger partial charge in [0.05, 0.1) is 17.4 Å². The second kappa shape index (κ2) is 9.75. The summed E-state index contributed by atoms with van der Waals surface area (Å²) in [6.07, 6.45) is 0. The van der Waals surface area contributed by atoms with Crippen molar-refractivity contribution in [2.24, 2.45) is 5.84 Å². The summed E-state index contributed by atoms with van der Waals surface area (Å²) in [5.41, 5.74) is 8.74. The first-order valence-electron chi connectivity index (χ1n) is 10.9. The molecule has 0 radical (unpaired) electrons. The molecular weight excluding hydrogens is 417 g/mol. The van der Waals surface area contributed by atoms with Crippen molar-refractivity contribution in [1.29, 1.82) is 0 Å². The number of carbonyl (C=O) groups is 1. The van der Waals surface area contributed by atoms with Gasteiger partial charge in [-0.15, -0.1) is 0 Å². The van der Waals surface area contributed by atoms with Gasteiger partial charge in [-0.25, -0.2) is 4.39 Å². The molecule has 3 aromatic carbocycles. The summed E-state index contributed by atoms with van der Waals surface area (Å²) in [5, 5.41) is 6.47. The Bertz CT molecular complexity index is 1160. The molecule has 0 saturated heterocycles. The fourth-order valence-corrected chi connectivity index (χ4v) is 4.01. The molecule has 170 valence electrons. The summed E-state index contributed by atoms with van der Waals surface area (Å²) < 4.78 is 13.2. The summed E-state index contributed by atoms with van der Waals surface area (Å²) in [7, 11) is 0. The highest BCUT2D eigenvalue weighted by molar-refractivity contribution is 5.97. The van der Waals surface area contributed by atoms with Crippen molar-refractivity contribution in [3.05, 3.63) is 101 Å². The van der Waals surface area contributed by atoms with Gasteiger partial charge in [-0.1, -0.05) is 30.3 Å². The van der Waals surface area contributed by atoms with Crippen LogP contribution in [0.4, 0.5) is 15.8 Å². The van der Waals surface area contributed by atoms with Crippen LogP contribution in [0.2, 0.25) is 0 Å². The monoisotopic (exact) mass is 445 g/mol. The van der Waals surface area contributed by atoms with Crippen LogP contribution in [0.25, 0.3) is 5.70 Å². The van der Waals surface area contributed by atoms with Crippen LogP contribution >= 0.6 is 0 Å². The van der Waals surface area contributed by atoms with Gasteiger partial charge in [-0.2, -0.15) is 0 Å². The van der Waals surface area contributed by atoms with Crippen LogP contribution in [0.15, 0.2) is 78.5 Å². The Hall–Kier alpha value is -3.84. The Morgan fingerprint density at radius 1 is 1.09 bits per heavy atom. The number of benzene rings is 3. The van der Waals surface area contributed by atoms with Crippen molar-refractivity contribution < 1.29 is 9.18 Å². The number of hydrogen-bond acceptors (Lipinski definition) is 5. The highest BCUT2D eigenvalue weighted by Gasteiger charge is 2.23. The van der Waals surface area contributed by atoms with Crippen molar-refractivity contribution in [2.45, 2.75) is 19.9 Å². The third-order valence-electron chi connectivity index (χ3n) is 5.83. The average molecular weight is 446 g/mol. The number of fused-ring (bicyclic) bond motifs is 1. The Kier molecular flexibility index (Phi) is 6.60. The molecule has 0 saturated carbocycles. The van der Waals surface area contributed by atoms with Crippen LogP contribution in [-0.2, 0) is 0 Å².